The summed E-state index contributed by atoms with van der Waals surface area (Å²) in [4.78, 5) is 20.8. The van der Waals surface area contributed by atoms with Gasteiger partial charge in [0.2, 0.25) is 0 Å². The Hall–Kier alpha value is -0.810. The van der Waals surface area contributed by atoms with Gasteiger partial charge in [-0.3, -0.25) is 9.36 Å². The van der Waals surface area contributed by atoms with Gasteiger partial charge in [-0.1, -0.05) is 44.4 Å². The summed E-state index contributed by atoms with van der Waals surface area (Å²) < 4.78 is 2.09. The summed E-state index contributed by atoms with van der Waals surface area (Å²) in [6.07, 6.45) is 11.9. The van der Waals surface area contributed by atoms with Gasteiger partial charge in [0, 0.05) is 16.7 Å². The second-order valence-corrected chi connectivity index (χ2v) is 9.25. The van der Waals surface area contributed by atoms with Crippen LogP contribution in [-0.2, 0) is 12.8 Å². The van der Waals surface area contributed by atoms with Crippen LogP contribution in [0.4, 0.5) is 0 Å². The number of aromatic nitrogens is 2. The minimum Gasteiger partial charge on any atom is -0.284 e. The summed E-state index contributed by atoms with van der Waals surface area (Å²) in [5.41, 5.74) is 1.58. The van der Waals surface area contributed by atoms with Crippen LogP contribution in [0, 0.1) is 0 Å². The van der Waals surface area contributed by atoms with Crippen molar-refractivity contribution in [1.29, 1.82) is 0 Å². The standard InChI is InChI=1S/C19H26N2OS2/c1-2-3-12-23-19-20-17-16(14-10-7-11-15(14)24-17)18(22)21(19)13-8-5-4-6-9-13/h13H,2-12H2,1H3. The molecule has 0 unspecified atom stereocenters. The lowest BCUT2D eigenvalue weighted by molar-refractivity contribution is 0.326. The Kier molecular flexibility index (Phi) is 5.00. The smallest absolute Gasteiger partial charge is 0.263 e. The van der Waals surface area contributed by atoms with Gasteiger partial charge in [0.05, 0.1) is 5.39 Å². The Labute approximate surface area is 151 Å². The first kappa shape index (κ1) is 16.6. The maximum atomic E-state index is 13.4. The molecule has 2 heterocycles. The fraction of sp³-hybridized carbons (Fsp3) is 0.684. The molecule has 0 N–H and O–H groups in total. The Bertz CT molecular complexity index is 787. The SMILES string of the molecule is CCCCSc1nc2sc3c(c2c(=O)n1C1CCCCC1)CCC3. The molecule has 130 valence electrons. The van der Waals surface area contributed by atoms with E-state index in [0.29, 0.717) is 6.04 Å². The Morgan fingerprint density at radius 1 is 1.21 bits per heavy atom. The van der Waals surface area contributed by atoms with E-state index in [9.17, 15) is 4.79 Å². The molecule has 1 saturated carbocycles. The maximum Gasteiger partial charge on any atom is 0.263 e. The molecule has 1 fully saturated rings. The molecule has 0 bridgehead atoms. The molecule has 2 aliphatic carbocycles. The number of thioether (sulfide) groups is 1. The maximum absolute atomic E-state index is 13.4. The van der Waals surface area contributed by atoms with Crippen LogP contribution in [-0.4, -0.2) is 15.3 Å². The van der Waals surface area contributed by atoms with E-state index in [1.165, 1.54) is 49.0 Å². The molecule has 0 radical (unpaired) electrons. The predicted molar refractivity (Wildman–Crippen MR) is 104 cm³/mol. The van der Waals surface area contributed by atoms with Gasteiger partial charge in [-0.05, 0) is 44.1 Å². The van der Waals surface area contributed by atoms with Crippen LogP contribution in [0.3, 0.4) is 0 Å². The van der Waals surface area contributed by atoms with Crippen molar-refractivity contribution in [1.82, 2.24) is 9.55 Å². The van der Waals surface area contributed by atoms with Crippen molar-refractivity contribution >= 4 is 33.3 Å². The van der Waals surface area contributed by atoms with E-state index in [1.807, 2.05) is 0 Å². The molecule has 0 amide bonds. The van der Waals surface area contributed by atoms with Crippen LogP contribution >= 0.6 is 23.1 Å². The van der Waals surface area contributed by atoms with Crippen LogP contribution in [0.5, 0.6) is 0 Å². The van der Waals surface area contributed by atoms with Crippen molar-refractivity contribution in [2.24, 2.45) is 0 Å². The summed E-state index contributed by atoms with van der Waals surface area (Å²) in [6, 6.07) is 0.365. The van der Waals surface area contributed by atoms with Gasteiger partial charge in [0.1, 0.15) is 4.83 Å². The molecule has 5 heteroatoms. The van der Waals surface area contributed by atoms with E-state index in [-0.39, 0.29) is 5.56 Å². The van der Waals surface area contributed by atoms with Gasteiger partial charge < -0.3 is 0 Å². The zero-order valence-electron chi connectivity index (χ0n) is 14.5. The van der Waals surface area contributed by atoms with E-state index >= 15 is 0 Å². The van der Waals surface area contributed by atoms with Crippen molar-refractivity contribution in [3.8, 4) is 0 Å². The second kappa shape index (κ2) is 7.20. The highest BCUT2D eigenvalue weighted by molar-refractivity contribution is 7.99. The number of nitrogens with zero attached hydrogens (tertiary/aromatic N) is 2. The third-order valence-electron chi connectivity index (χ3n) is 5.41. The number of hydrogen-bond donors (Lipinski definition) is 0. The first-order valence-corrected chi connectivity index (χ1v) is 11.3. The molecule has 4 rings (SSSR count). The zero-order chi connectivity index (χ0) is 16.5. The molecule has 0 atom stereocenters. The summed E-state index contributed by atoms with van der Waals surface area (Å²) >= 11 is 3.57. The van der Waals surface area contributed by atoms with Crippen molar-refractivity contribution < 1.29 is 0 Å². The van der Waals surface area contributed by atoms with Gasteiger partial charge in [0.15, 0.2) is 5.16 Å². The topological polar surface area (TPSA) is 34.9 Å². The lowest BCUT2D eigenvalue weighted by Crippen LogP contribution is -2.29. The molecular formula is C19H26N2OS2. The number of aryl methyl sites for hydroxylation is 2. The van der Waals surface area contributed by atoms with Crippen LogP contribution in [0.1, 0.15) is 74.8 Å². The number of thiophene rings is 1. The Morgan fingerprint density at radius 2 is 2.04 bits per heavy atom. The monoisotopic (exact) mass is 362 g/mol. The molecule has 0 saturated heterocycles. The van der Waals surface area contributed by atoms with Gasteiger partial charge in [-0.15, -0.1) is 11.3 Å². The number of hydrogen-bond acceptors (Lipinski definition) is 4. The molecule has 0 spiro atoms. The highest BCUT2D eigenvalue weighted by atomic mass is 32.2. The molecule has 3 nitrogen and oxygen atoms in total. The highest BCUT2D eigenvalue weighted by Gasteiger charge is 2.26. The number of unbranched alkanes of at least 4 members (excludes halogenated alkanes) is 1. The zero-order valence-corrected chi connectivity index (χ0v) is 16.1. The Balaban J connectivity index is 1.83. The molecule has 0 aromatic carbocycles. The Morgan fingerprint density at radius 3 is 2.83 bits per heavy atom. The van der Waals surface area contributed by atoms with E-state index in [2.05, 4.69) is 11.5 Å². The van der Waals surface area contributed by atoms with Crippen LogP contribution in [0.15, 0.2) is 9.95 Å². The van der Waals surface area contributed by atoms with Gasteiger partial charge in [0.25, 0.3) is 5.56 Å². The van der Waals surface area contributed by atoms with E-state index in [4.69, 9.17) is 4.98 Å². The van der Waals surface area contributed by atoms with Crippen molar-refractivity contribution in [3.05, 3.63) is 20.8 Å². The normalized spacial score (nSPS) is 18.4. The van der Waals surface area contributed by atoms with Gasteiger partial charge >= 0.3 is 0 Å². The first-order valence-electron chi connectivity index (χ1n) is 9.49. The van der Waals surface area contributed by atoms with E-state index in [1.54, 1.807) is 23.1 Å². The summed E-state index contributed by atoms with van der Waals surface area (Å²) in [6.45, 7) is 2.22. The lowest BCUT2D eigenvalue weighted by Gasteiger charge is -2.26. The average Bonchev–Trinajstić information content (AvgIpc) is 3.16. The van der Waals surface area contributed by atoms with Crippen LogP contribution in [0.2, 0.25) is 0 Å². The minimum absolute atomic E-state index is 0.255. The third kappa shape index (κ3) is 2.94. The molecular weight excluding hydrogens is 336 g/mol. The minimum atomic E-state index is 0.255. The molecule has 2 aliphatic rings. The lowest BCUT2D eigenvalue weighted by atomic mass is 9.95. The van der Waals surface area contributed by atoms with Crippen molar-refractivity contribution in [3.63, 3.8) is 0 Å². The van der Waals surface area contributed by atoms with E-state index in [0.717, 1.165) is 46.8 Å². The molecule has 2 aromatic rings. The number of rotatable bonds is 5. The van der Waals surface area contributed by atoms with Gasteiger partial charge in [-0.2, -0.15) is 0 Å². The summed E-state index contributed by atoms with van der Waals surface area (Å²) in [7, 11) is 0. The predicted octanol–water partition coefficient (Wildman–Crippen LogP) is 5.34. The van der Waals surface area contributed by atoms with Crippen molar-refractivity contribution in [2.45, 2.75) is 82.3 Å². The van der Waals surface area contributed by atoms with Gasteiger partial charge in [-0.25, -0.2) is 4.98 Å². The fourth-order valence-electron chi connectivity index (χ4n) is 4.11. The quantitative estimate of drug-likeness (QED) is 0.409. The highest BCUT2D eigenvalue weighted by Crippen LogP contribution is 2.37. The third-order valence-corrected chi connectivity index (χ3v) is 7.63. The van der Waals surface area contributed by atoms with Crippen LogP contribution < -0.4 is 5.56 Å². The summed E-state index contributed by atoms with van der Waals surface area (Å²) in [5.74, 6) is 1.06. The fourth-order valence-corrected chi connectivity index (χ4v) is 6.56. The number of fused-ring (bicyclic) bond motifs is 3. The van der Waals surface area contributed by atoms with Crippen molar-refractivity contribution in [2.75, 3.05) is 5.75 Å². The second-order valence-electron chi connectivity index (χ2n) is 7.10. The first-order chi connectivity index (χ1) is 11.8. The molecule has 2 aromatic heterocycles. The van der Waals surface area contributed by atoms with E-state index < -0.39 is 0 Å². The largest absolute Gasteiger partial charge is 0.284 e. The van der Waals surface area contributed by atoms with Crippen LogP contribution in [0.25, 0.3) is 10.2 Å². The summed E-state index contributed by atoms with van der Waals surface area (Å²) in [5, 5.41) is 1.94. The molecule has 24 heavy (non-hydrogen) atoms. The average molecular weight is 363 g/mol. The molecule has 0 aliphatic heterocycles.